The highest BCUT2D eigenvalue weighted by atomic mass is 79.9. The predicted molar refractivity (Wildman–Crippen MR) is 104 cm³/mol. The molecule has 1 aliphatic heterocycles. The zero-order chi connectivity index (χ0) is 15.2. The lowest BCUT2D eigenvalue weighted by molar-refractivity contribution is 0.329. The molecule has 120 valence electrons. The minimum absolute atomic E-state index is 0. The summed E-state index contributed by atoms with van der Waals surface area (Å²) in [6, 6.07) is 18.4. The summed E-state index contributed by atoms with van der Waals surface area (Å²) in [5.41, 5.74) is 8.96. The number of nitrogens with two attached hydrogens (primary N) is 1. The van der Waals surface area contributed by atoms with Crippen molar-refractivity contribution in [2.24, 2.45) is 15.9 Å². The van der Waals surface area contributed by atoms with Crippen molar-refractivity contribution in [1.29, 1.82) is 0 Å². The molecule has 1 aliphatic rings. The maximum Gasteiger partial charge on any atom is 0.180 e. The van der Waals surface area contributed by atoms with E-state index in [1.807, 2.05) is 30.3 Å². The fraction of sp³-hybridized carbons (Fsp3) is 0.176. The SMILES string of the molecule is Br.NC1=NN=C(CCOc2ccc(-c3ccccc3)cc2)CS1. The Morgan fingerprint density at radius 2 is 1.65 bits per heavy atom. The van der Waals surface area contributed by atoms with Crippen molar-refractivity contribution in [2.75, 3.05) is 12.4 Å². The topological polar surface area (TPSA) is 60.0 Å². The number of nitrogens with zero attached hydrogens (tertiary/aromatic N) is 2. The molecule has 2 aromatic carbocycles. The summed E-state index contributed by atoms with van der Waals surface area (Å²) < 4.78 is 5.76. The molecule has 0 aliphatic carbocycles. The number of hydrogen-bond donors (Lipinski definition) is 1. The number of thioether (sulfide) groups is 1. The first kappa shape index (κ1) is 17.6. The Morgan fingerprint density at radius 3 is 2.30 bits per heavy atom. The van der Waals surface area contributed by atoms with E-state index in [4.69, 9.17) is 10.5 Å². The van der Waals surface area contributed by atoms with Gasteiger partial charge in [0.15, 0.2) is 5.17 Å². The van der Waals surface area contributed by atoms with E-state index in [2.05, 4.69) is 34.5 Å². The van der Waals surface area contributed by atoms with Crippen LogP contribution in [0.4, 0.5) is 0 Å². The summed E-state index contributed by atoms with van der Waals surface area (Å²) in [4.78, 5) is 0. The molecule has 0 spiro atoms. The third kappa shape index (κ3) is 5.11. The lowest BCUT2D eigenvalue weighted by atomic mass is 10.1. The van der Waals surface area contributed by atoms with E-state index in [1.54, 1.807) is 0 Å². The molecule has 0 saturated carbocycles. The van der Waals surface area contributed by atoms with Gasteiger partial charge in [-0.3, -0.25) is 0 Å². The van der Waals surface area contributed by atoms with Crippen LogP contribution in [0, 0.1) is 0 Å². The molecule has 2 N–H and O–H groups in total. The van der Waals surface area contributed by atoms with Crippen LogP contribution in [-0.4, -0.2) is 23.2 Å². The Bertz CT molecular complexity index is 687. The molecular weight excluding hydrogens is 374 g/mol. The quantitative estimate of drug-likeness (QED) is 0.833. The number of amidine groups is 1. The Labute approximate surface area is 150 Å². The van der Waals surface area contributed by atoms with E-state index in [-0.39, 0.29) is 17.0 Å². The monoisotopic (exact) mass is 391 g/mol. The normalized spacial score (nSPS) is 13.6. The Kier molecular flexibility index (Phi) is 6.67. The molecule has 3 rings (SSSR count). The van der Waals surface area contributed by atoms with Gasteiger partial charge in [-0.2, -0.15) is 5.10 Å². The standard InChI is InChI=1S/C17H17N3OS.BrH/c18-17-20-19-15(12-22-17)10-11-21-16-8-6-14(7-9-16)13-4-2-1-3-5-13;/h1-9H,10-12H2,(H2,18,20);1H. The van der Waals surface area contributed by atoms with Crippen molar-refractivity contribution in [3.05, 3.63) is 54.6 Å². The van der Waals surface area contributed by atoms with Crippen molar-refractivity contribution in [3.63, 3.8) is 0 Å². The molecule has 0 amide bonds. The second-order valence-corrected chi connectivity index (χ2v) is 5.88. The van der Waals surface area contributed by atoms with Crippen LogP contribution in [-0.2, 0) is 0 Å². The van der Waals surface area contributed by atoms with Crippen molar-refractivity contribution in [3.8, 4) is 16.9 Å². The van der Waals surface area contributed by atoms with Gasteiger partial charge in [-0.1, -0.05) is 54.2 Å². The van der Waals surface area contributed by atoms with Gasteiger partial charge in [-0.05, 0) is 23.3 Å². The van der Waals surface area contributed by atoms with E-state index in [1.165, 1.54) is 22.9 Å². The van der Waals surface area contributed by atoms with Crippen LogP contribution in [0.1, 0.15) is 6.42 Å². The van der Waals surface area contributed by atoms with Crippen molar-refractivity contribution in [1.82, 2.24) is 0 Å². The van der Waals surface area contributed by atoms with Gasteiger partial charge >= 0.3 is 0 Å². The summed E-state index contributed by atoms with van der Waals surface area (Å²) >= 11 is 1.51. The Balaban J connectivity index is 0.00000192. The highest BCUT2D eigenvalue weighted by Gasteiger charge is 2.08. The molecule has 2 aromatic rings. The van der Waals surface area contributed by atoms with Crippen LogP contribution in [0.25, 0.3) is 11.1 Å². The maximum absolute atomic E-state index is 5.76. The van der Waals surface area contributed by atoms with Crippen LogP contribution in [0.15, 0.2) is 64.8 Å². The minimum atomic E-state index is 0. The molecule has 0 unspecified atom stereocenters. The third-order valence-corrected chi connectivity index (χ3v) is 4.15. The smallest absolute Gasteiger partial charge is 0.180 e. The lowest BCUT2D eigenvalue weighted by Crippen LogP contribution is -2.17. The molecule has 0 bridgehead atoms. The van der Waals surface area contributed by atoms with Crippen LogP contribution in [0.3, 0.4) is 0 Å². The largest absolute Gasteiger partial charge is 0.493 e. The average molecular weight is 392 g/mol. The van der Waals surface area contributed by atoms with E-state index in [0.717, 1.165) is 23.6 Å². The highest BCUT2D eigenvalue weighted by Crippen LogP contribution is 2.22. The number of rotatable bonds is 5. The predicted octanol–water partition coefficient (Wildman–Crippen LogP) is 4.12. The first-order valence-electron chi connectivity index (χ1n) is 7.11. The van der Waals surface area contributed by atoms with Gasteiger partial charge in [0, 0.05) is 12.2 Å². The van der Waals surface area contributed by atoms with Crippen molar-refractivity contribution < 1.29 is 4.74 Å². The lowest BCUT2D eigenvalue weighted by Gasteiger charge is -2.10. The minimum Gasteiger partial charge on any atom is -0.493 e. The Hall–Kier alpha value is -1.79. The van der Waals surface area contributed by atoms with Gasteiger partial charge in [-0.15, -0.1) is 22.1 Å². The van der Waals surface area contributed by atoms with Crippen LogP contribution in [0.5, 0.6) is 5.75 Å². The molecule has 23 heavy (non-hydrogen) atoms. The van der Waals surface area contributed by atoms with Gasteiger partial charge in [0.25, 0.3) is 0 Å². The summed E-state index contributed by atoms with van der Waals surface area (Å²) in [6.45, 7) is 0.597. The molecule has 0 saturated heterocycles. The van der Waals surface area contributed by atoms with Gasteiger partial charge in [0.1, 0.15) is 5.75 Å². The first-order valence-corrected chi connectivity index (χ1v) is 8.10. The van der Waals surface area contributed by atoms with E-state index in [0.29, 0.717) is 11.8 Å². The number of ether oxygens (including phenoxy) is 1. The molecule has 0 radical (unpaired) electrons. The molecule has 4 nitrogen and oxygen atoms in total. The zero-order valence-corrected chi connectivity index (χ0v) is 15.0. The fourth-order valence-corrected chi connectivity index (χ4v) is 2.73. The first-order chi connectivity index (χ1) is 10.8. The van der Waals surface area contributed by atoms with E-state index >= 15 is 0 Å². The van der Waals surface area contributed by atoms with Crippen LogP contribution in [0.2, 0.25) is 0 Å². The van der Waals surface area contributed by atoms with Crippen LogP contribution >= 0.6 is 28.7 Å². The molecule has 6 heteroatoms. The summed E-state index contributed by atoms with van der Waals surface area (Å²) in [7, 11) is 0. The second kappa shape index (κ2) is 8.74. The second-order valence-electron chi connectivity index (χ2n) is 4.88. The molecule has 0 fully saturated rings. The summed E-state index contributed by atoms with van der Waals surface area (Å²) in [5.74, 6) is 1.66. The number of hydrogen-bond acceptors (Lipinski definition) is 5. The van der Waals surface area contributed by atoms with Gasteiger partial charge in [-0.25, -0.2) is 0 Å². The van der Waals surface area contributed by atoms with Crippen molar-refractivity contribution in [2.45, 2.75) is 6.42 Å². The highest BCUT2D eigenvalue weighted by molar-refractivity contribution is 8.93. The zero-order valence-electron chi connectivity index (χ0n) is 12.5. The average Bonchev–Trinajstić information content (AvgIpc) is 2.58. The fourth-order valence-electron chi connectivity index (χ4n) is 2.12. The molecule has 1 heterocycles. The molecular formula is C17H18BrN3OS. The number of benzene rings is 2. The molecule has 0 atom stereocenters. The van der Waals surface area contributed by atoms with Crippen LogP contribution < -0.4 is 10.5 Å². The summed E-state index contributed by atoms with van der Waals surface area (Å²) in [6.07, 6.45) is 0.768. The Morgan fingerprint density at radius 1 is 0.957 bits per heavy atom. The van der Waals surface area contributed by atoms with Crippen molar-refractivity contribution >= 4 is 39.6 Å². The number of halogens is 1. The van der Waals surface area contributed by atoms with Gasteiger partial charge < -0.3 is 10.5 Å². The summed E-state index contributed by atoms with van der Waals surface area (Å²) in [5, 5.41) is 8.48. The third-order valence-electron chi connectivity index (χ3n) is 3.30. The maximum atomic E-state index is 5.76. The van der Waals surface area contributed by atoms with Gasteiger partial charge in [0.2, 0.25) is 0 Å². The van der Waals surface area contributed by atoms with E-state index < -0.39 is 0 Å². The van der Waals surface area contributed by atoms with E-state index in [9.17, 15) is 0 Å². The van der Waals surface area contributed by atoms with Gasteiger partial charge in [0.05, 0.1) is 12.3 Å². The molecule has 0 aromatic heterocycles.